The molecule has 23 heavy (non-hydrogen) atoms. The third kappa shape index (κ3) is 4.42. The van der Waals surface area contributed by atoms with Crippen LogP contribution in [0.4, 0.5) is 11.5 Å². The van der Waals surface area contributed by atoms with E-state index >= 15 is 0 Å². The highest BCUT2D eigenvalue weighted by atomic mass is 16.5. The summed E-state index contributed by atoms with van der Waals surface area (Å²) in [6.45, 7) is 7.48. The molecule has 1 N–H and O–H groups in total. The van der Waals surface area contributed by atoms with Gasteiger partial charge in [-0.2, -0.15) is 0 Å². The van der Waals surface area contributed by atoms with Gasteiger partial charge in [-0.25, -0.2) is 0 Å². The maximum Gasteiger partial charge on any atom is 0.227 e. The molecule has 0 radical (unpaired) electrons. The monoisotopic (exact) mass is 315 g/mol. The summed E-state index contributed by atoms with van der Waals surface area (Å²) in [5.41, 5.74) is 2.90. The predicted octanol–water partition coefficient (Wildman–Crippen LogP) is 2.98. The molecule has 0 spiro atoms. The minimum absolute atomic E-state index is 0.0937. The van der Waals surface area contributed by atoms with Gasteiger partial charge < -0.3 is 14.7 Å². The van der Waals surface area contributed by atoms with Crippen LogP contribution in [0.1, 0.15) is 30.2 Å². The summed E-state index contributed by atoms with van der Waals surface area (Å²) in [4.78, 5) is 25.6. The lowest BCUT2D eigenvalue weighted by Crippen LogP contribution is -2.32. The second-order valence-corrected chi connectivity index (χ2v) is 5.58. The average Bonchev–Trinajstić information content (AvgIpc) is 2.87. The summed E-state index contributed by atoms with van der Waals surface area (Å²) in [6.07, 6.45) is 0.179. The van der Waals surface area contributed by atoms with E-state index in [-0.39, 0.29) is 18.2 Å². The summed E-state index contributed by atoms with van der Waals surface area (Å²) < 4.78 is 4.90. The molecule has 0 saturated carbocycles. The Bertz CT molecular complexity index is 722. The molecule has 0 fully saturated rings. The van der Waals surface area contributed by atoms with Crippen LogP contribution in [0.2, 0.25) is 0 Å². The molecular weight excluding hydrogens is 294 g/mol. The lowest BCUT2D eigenvalue weighted by Gasteiger charge is -2.23. The molecule has 2 aromatic rings. The van der Waals surface area contributed by atoms with Gasteiger partial charge in [-0.05, 0) is 38.0 Å². The molecule has 0 aliphatic rings. The van der Waals surface area contributed by atoms with Crippen molar-refractivity contribution in [3.63, 3.8) is 0 Å². The fourth-order valence-electron chi connectivity index (χ4n) is 2.30. The lowest BCUT2D eigenvalue weighted by molar-refractivity contribution is -0.117. The molecule has 6 nitrogen and oxygen atoms in total. The van der Waals surface area contributed by atoms with E-state index in [0.29, 0.717) is 18.1 Å². The largest absolute Gasteiger partial charge is 0.360 e. The highest BCUT2D eigenvalue weighted by molar-refractivity contribution is 5.95. The number of carbonyl (C=O) groups is 2. The number of benzene rings is 1. The fourth-order valence-corrected chi connectivity index (χ4v) is 2.30. The number of hydrogen-bond donors (Lipinski definition) is 1. The number of anilines is 2. The maximum absolute atomic E-state index is 12.0. The van der Waals surface area contributed by atoms with Crippen molar-refractivity contribution < 1.29 is 14.1 Å². The molecule has 0 aliphatic carbocycles. The van der Waals surface area contributed by atoms with E-state index in [4.69, 9.17) is 4.52 Å². The molecule has 2 rings (SSSR count). The Morgan fingerprint density at radius 2 is 1.96 bits per heavy atom. The summed E-state index contributed by atoms with van der Waals surface area (Å²) in [5.74, 6) is 0.702. The number of nitrogens with zero attached hydrogens (tertiary/aromatic N) is 2. The SMILES string of the molecule is CC(=O)N(CCC(=O)Nc1cc(C)on1)c1cc(C)ccc1C. The van der Waals surface area contributed by atoms with Gasteiger partial charge >= 0.3 is 0 Å². The van der Waals surface area contributed by atoms with Crippen molar-refractivity contribution in [1.29, 1.82) is 0 Å². The second-order valence-electron chi connectivity index (χ2n) is 5.58. The first kappa shape index (κ1) is 16.7. The molecule has 1 aromatic carbocycles. The van der Waals surface area contributed by atoms with Crippen LogP contribution in [-0.4, -0.2) is 23.5 Å². The topological polar surface area (TPSA) is 75.4 Å². The Labute approximate surface area is 135 Å². The standard InChI is InChI=1S/C17H21N3O3/c1-11-5-6-12(2)15(9-11)20(14(4)21)8-7-17(22)18-16-10-13(3)23-19-16/h5-6,9-10H,7-8H2,1-4H3,(H,18,19,22). The first-order valence-electron chi connectivity index (χ1n) is 7.45. The Balaban J connectivity index is 2.04. The van der Waals surface area contributed by atoms with E-state index < -0.39 is 0 Å². The van der Waals surface area contributed by atoms with Gasteiger partial charge in [0.15, 0.2) is 5.82 Å². The number of aryl methyl sites for hydroxylation is 3. The van der Waals surface area contributed by atoms with Gasteiger partial charge in [0.1, 0.15) is 5.76 Å². The van der Waals surface area contributed by atoms with Gasteiger partial charge in [0.25, 0.3) is 0 Å². The third-order valence-electron chi connectivity index (χ3n) is 3.49. The highest BCUT2D eigenvalue weighted by Gasteiger charge is 2.16. The van der Waals surface area contributed by atoms with Gasteiger partial charge in [0.05, 0.1) is 0 Å². The second kappa shape index (κ2) is 7.09. The molecule has 1 aromatic heterocycles. The van der Waals surface area contributed by atoms with Crippen LogP contribution in [0.25, 0.3) is 0 Å². The maximum atomic E-state index is 12.0. The molecule has 2 amide bonds. The molecule has 122 valence electrons. The number of rotatable bonds is 5. The van der Waals surface area contributed by atoms with Gasteiger partial charge in [-0.3, -0.25) is 9.59 Å². The van der Waals surface area contributed by atoms with Gasteiger partial charge in [-0.1, -0.05) is 17.3 Å². The van der Waals surface area contributed by atoms with E-state index in [0.717, 1.165) is 16.8 Å². The quantitative estimate of drug-likeness (QED) is 0.920. The molecule has 0 saturated heterocycles. The molecule has 0 unspecified atom stereocenters. The van der Waals surface area contributed by atoms with Crippen molar-refractivity contribution in [3.8, 4) is 0 Å². The van der Waals surface area contributed by atoms with E-state index in [1.54, 1.807) is 17.9 Å². The van der Waals surface area contributed by atoms with Crippen molar-refractivity contribution in [1.82, 2.24) is 5.16 Å². The Kier molecular flexibility index (Phi) is 5.16. The molecular formula is C17H21N3O3. The Hall–Kier alpha value is -2.63. The van der Waals surface area contributed by atoms with Crippen LogP contribution in [0, 0.1) is 20.8 Å². The van der Waals surface area contributed by atoms with E-state index in [1.807, 2.05) is 32.0 Å². The zero-order valence-electron chi connectivity index (χ0n) is 13.8. The zero-order valence-corrected chi connectivity index (χ0v) is 13.8. The predicted molar refractivity (Wildman–Crippen MR) is 88.4 cm³/mol. The van der Waals surface area contributed by atoms with Crippen molar-refractivity contribution in [2.24, 2.45) is 0 Å². The first-order chi connectivity index (χ1) is 10.9. The van der Waals surface area contributed by atoms with E-state index in [1.165, 1.54) is 6.92 Å². The normalized spacial score (nSPS) is 10.4. The number of hydrogen-bond acceptors (Lipinski definition) is 4. The zero-order chi connectivity index (χ0) is 17.0. The van der Waals surface area contributed by atoms with Gasteiger partial charge in [0.2, 0.25) is 11.8 Å². The average molecular weight is 315 g/mol. The van der Waals surface area contributed by atoms with Crippen LogP contribution in [0.3, 0.4) is 0 Å². The molecule has 1 heterocycles. The van der Waals surface area contributed by atoms with Crippen molar-refractivity contribution in [3.05, 3.63) is 41.2 Å². The summed E-state index contributed by atoms with van der Waals surface area (Å²) in [6, 6.07) is 7.57. The minimum Gasteiger partial charge on any atom is -0.360 e. The van der Waals surface area contributed by atoms with E-state index in [9.17, 15) is 9.59 Å². The van der Waals surface area contributed by atoms with Crippen molar-refractivity contribution >= 4 is 23.3 Å². The number of nitrogens with one attached hydrogen (secondary N) is 1. The Morgan fingerprint density at radius 1 is 1.22 bits per heavy atom. The van der Waals surface area contributed by atoms with Gasteiger partial charge in [-0.15, -0.1) is 0 Å². The van der Waals surface area contributed by atoms with Crippen LogP contribution >= 0.6 is 0 Å². The van der Waals surface area contributed by atoms with Gasteiger partial charge in [0, 0.05) is 31.6 Å². The minimum atomic E-state index is -0.213. The third-order valence-corrected chi connectivity index (χ3v) is 3.49. The van der Waals surface area contributed by atoms with Crippen LogP contribution in [-0.2, 0) is 9.59 Å². The fraction of sp³-hybridized carbons (Fsp3) is 0.353. The number of aromatic nitrogens is 1. The van der Waals surface area contributed by atoms with E-state index in [2.05, 4.69) is 10.5 Å². The molecule has 0 atom stereocenters. The molecule has 6 heteroatoms. The van der Waals surface area contributed by atoms with Crippen molar-refractivity contribution in [2.75, 3.05) is 16.8 Å². The molecule has 0 aliphatic heterocycles. The number of carbonyl (C=O) groups excluding carboxylic acids is 2. The smallest absolute Gasteiger partial charge is 0.227 e. The Morgan fingerprint density at radius 3 is 2.57 bits per heavy atom. The van der Waals surface area contributed by atoms with Crippen LogP contribution in [0.5, 0.6) is 0 Å². The van der Waals surface area contributed by atoms with Crippen LogP contribution < -0.4 is 10.2 Å². The summed E-state index contributed by atoms with van der Waals surface area (Å²) in [7, 11) is 0. The van der Waals surface area contributed by atoms with Crippen LogP contribution in [0.15, 0.2) is 28.8 Å². The molecule has 0 bridgehead atoms. The summed E-state index contributed by atoms with van der Waals surface area (Å²) in [5, 5.41) is 6.37. The number of amides is 2. The lowest BCUT2D eigenvalue weighted by atomic mass is 10.1. The highest BCUT2D eigenvalue weighted by Crippen LogP contribution is 2.22. The van der Waals surface area contributed by atoms with Crippen molar-refractivity contribution in [2.45, 2.75) is 34.1 Å². The summed E-state index contributed by atoms with van der Waals surface area (Å²) >= 11 is 0. The first-order valence-corrected chi connectivity index (χ1v) is 7.45.